The van der Waals surface area contributed by atoms with Gasteiger partial charge in [0.05, 0.1) is 25.4 Å². The molecule has 2 N–H and O–H groups in total. The highest BCUT2D eigenvalue weighted by atomic mass is 16.5. The van der Waals surface area contributed by atoms with Crippen LogP contribution in [0.4, 0.5) is 0 Å². The Hall–Kier alpha value is -1.17. The van der Waals surface area contributed by atoms with Crippen molar-refractivity contribution in [3.8, 4) is 0 Å². The van der Waals surface area contributed by atoms with E-state index in [0.29, 0.717) is 31.4 Å². The Morgan fingerprint density at radius 2 is 1.84 bits per heavy atom. The molecule has 19 heavy (non-hydrogen) atoms. The topological polar surface area (TPSA) is 76.0 Å². The number of aliphatic hydroxyl groups excluding tert-OH is 2. The van der Waals surface area contributed by atoms with Gasteiger partial charge < -0.3 is 19.7 Å². The fraction of sp³-hybridized carbons (Fsp3) is 0.643. The first kappa shape index (κ1) is 17.8. The second-order valence-electron chi connectivity index (χ2n) is 4.44. The van der Waals surface area contributed by atoms with Crippen LogP contribution < -0.4 is 0 Å². The Balaban J connectivity index is 3.56. The lowest BCUT2D eigenvalue weighted by atomic mass is 10.1. The van der Waals surface area contributed by atoms with Crippen LogP contribution in [-0.2, 0) is 14.3 Å². The molecule has 0 heterocycles. The minimum atomic E-state index is -0.718. The fourth-order valence-electron chi connectivity index (χ4n) is 1.34. The van der Waals surface area contributed by atoms with E-state index in [1.807, 2.05) is 0 Å². The van der Waals surface area contributed by atoms with E-state index in [1.54, 1.807) is 13.0 Å². The molecular formula is C14H24O5. The first-order valence-corrected chi connectivity index (χ1v) is 6.34. The molecule has 110 valence electrons. The van der Waals surface area contributed by atoms with Crippen LogP contribution in [0.5, 0.6) is 0 Å². The summed E-state index contributed by atoms with van der Waals surface area (Å²) in [5.74, 6) is -0.503. The Labute approximate surface area is 114 Å². The normalized spacial score (nSPS) is 13.6. The van der Waals surface area contributed by atoms with Gasteiger partial charge in [-0.2, -0.15) is 0 Å². The molecule has 0 spiro atoms. The van der Waals surface area contributed by atoms with Gasteiger partial charge in [0.15, 0.2) is 0 Å². The summed E-state index contributed by atoms with van der Waals surface area (Å²) in [5.41, 5.74) is 0.307. The van der Waals surface area contributed by atoms with Gasteiger partial charge in [-0.05, 0) is 26.2 Å². The summed E-state index contributed by atoms with van der Waals surface area (Å²) in [5, 5.41) is 19.1. The number of hydrogen-bond acceptors (Lipinski definition) is 5. The van der Waals surface area contributed by atoms with Gasteiger partial charge in [0.2, 0.25) is 0 Å². The number of esters is 1. The molecule has 0 radical (unpaired) electrons. The van der Waals surface area contributed by atoms with E-state index in [-0.39, 0.29) is 13.2 Å². The van der Waals surface area contributed by atoms with Gasteiger partial charge in [0, 0.05) is 5.57 Å². The minimum Gasteiger partial charge on any atom is -0.460 e. The van der Waals surface area contributed by atoms with Gasteiger partial charge in [0.1, 0.15) is 6.61 Å². The monoisotopic (exact) mass is 272 g/mol. The standard InChI is InChI=1S/C14H24O5/c1-4-8-18-9-12(15)6-5-7-13(16)10-19-14(17)11(2)3/h4,12-13,15-16H,1-2,5-10H2,3H3. The van der Waals surface area contributed by atoms with Crippen molar-refractivity contribution in [1.82, 2.24) is 0 Å². The van der Waals surface area contributed by atoms with Gasteiger partial charge in [-0.15, -0.1) is 6.58 Å². The zero-order valence-electron chi connectivity index (χ0n) is 11.5. The van der Waals surface area contributed by atoms with E-state index in [9.17, 15) is 15.0 Å². The molecule has 0 aromatic carbocycles. The summed E-state index contributed by atoms with van der Waals surface area (Å²) >= 11 is 0. The van der Waals surface area contributed by atoms with E-state index < -0.39 is 18.2 Å². The Kier molecular flexibility index (Phi) is 10.1. The summed E-state index contributed by atoms with van der Waals surface area (Å²) in [4.78, 5) is 11.1. The van der Waals surface area contributed by atoms with Crippen LogP contribution in [0.3, 0.4) is 0 Å². The lowest BCUT2D eigenvalue weighted by Gasteiger charge is -2.13. The Morgan fingerprint density at radius 1 is 1.26 bits per heavy atom. The van der Waals surface area contributed by atoms with E-state index >= 15 is 0 Å². The van der Waals surface area contributed by atoms with Crippen molar-refractivity contribution < 1.29 is 24.5 Å². The molecule has 5 heteroatoms. The highest BCUT2D eigenvalue weighted by Gasteiger charge is 2.10. The number of ether oxygens (including phenoxy) is 2. The first-order valence-electron chi connectivity index (χ1n) is 6.34. The number of aliphatic hydroxyl groups is 2. The van der Waals surface area contributed by atoms with E-state index in [2.05, 4.69) is 13.2 Å². The van der Waals surface area contributed by atoms with Crippen molar-refractivity contribution in [3.63, 3.8) is 0 Å². The third-order valence-electron chi connectivity index (χ3n) is 2.38. The molecule has 0 aromatic heterocycles. The first-order chi connectivity index (χ1) is 8.97. The zero-order chi connectivity index (χ0) is 14.7. The molecule has 0 aromatic rings. The van der Waals surface area contributed by atoms with Gasteiger partial charge in [-0.25, -0.2) is 4.79 Å². The second-order valence-corrected chi connectivity index (χ2v) is 4.44. The third kappa shape index (κ3) is 10.4. The van der Waals surface area contributed by atoms with Gasteiger partial charge >= 0.3 is 5.97 Å². The average molecular weight is 272 g/mol. The third-order valence-corrected chi connectivity index (χ3v) is 2.38. The second kappa shape index (κ2) is 10.7. The minimum absolute atomic E-state index is 0.0469. The predicted octanol–water partition coefficient (Wildman–Crippen LogP) is 1.20. The van der Waals surface area contributed by atoms with Crippen LogP contribution in [0.15, 0.2) is 24.8 Å². The molecule has 0 aliphatic carbocycles. The molecule has 0 fully saturated rings. The van der Waals surface area contributed by atoms with Crippen LogP contribution in [0.1, 0.15) is 26.2 Å². The van der Waals surface area contributed by atoms with E-state index in [0.717, 1.165) is 0 Å². The van der Waals surface area contributed by atoms with Gasteiger partial charge in [0.25, 0.3) is 0 Å². The van der Waals surface area contributed by atoms with Crippen LogP contribution in [0.25, 0.3) is 0 Å². The Bertz CT molecular complexity index is 288. The van der Waals surface area contributed by atoms with Crippen LogP contribution in [0.2, 0.25) is 0 Å². The van der Waals surface area contributed by atoms with Crippen molar-refractivity contribution in [2.75, 3.05) is 19.8 Å². The number of carbonyl (C=O) groups is 1. The molecule has 2 atom stereocenters. The fourth-order valence-corrected chi connectivity index (χ4v) is 1.34. The maximum absolute atomic E-state index is 11.1. The highest BCUT2D eigenvalue weighted by Crippen LogP contribution is 2.06. The number of hydrogen-bond donors (Lipinski definition) is 2. The summed E-state index contributed by atoms with van der Waals surface area (Å²) in [6, 6.07) is 0. The molecule has 0 aliphatic heterocycles. The van der Waals surface area contributed by atoms with Crippen molar-refractivity contribution in [2.45, 2.75) is 38.4 Å². The molecule has 0 bridgehead atoms. The van der Waals surface area contributed by atoms with Crippen molar-refractivity contribution >= 4 is 5.97 Å². The van der Waals surface area contributed by atoms with Crippen molar-refractivity contribution in [1.29, 1.82) is 0 Å². The summed E-state index contributed by atoms with van der Waals surface area (Å²) < 4.78 is 9.91. The summed E-state index contributed by atoms with van der Waals surface area (Å²) in [6.45, 7) is 9.12. The molecule has 5 nitrogen and oxygen atoms in total. The van der Waals surface area contributed by atoms with Crippen LogP contribution in [-0.4, -0.2) is 48.2 Å². The van der Waals surface area contributed by atoms with Gasteiger partial charge in [-0.3, -0.25) is 0 Å². The van der Waals surface area contributed by atoms with Crippen molar-refractivity contribution in [2.24, 2.45) is 0 Å². The number of rotatable bonds is 11. The van der Waals surface area contributed by atoms with E-state index in [1.165, 1.54) is 0 Å². The smallest absolute Gasteiger partial charge is 0.333 e. The maximum atomic E-state index is 11.1. The van der Waals surface area contributed by atoms with Crippen LogP contribution >= 0.6 is 0 Å². The average Bonchev–Trinajstić information content (AvgIpc) is 2.36. The molecule has 0 saturated carbocycles. The Morgan fingerprint density at radius 3 is 2.37 bits per heavy atom. The molecular weight excluding hydrogens is 248 g/mol. The molecule has 0 rings (SSSR count). The lowest BCUT2D eigenvalue weighted by molar-refractivity contribution is -0.142. The molecule has 2 unspecified atom stereocenters. The lowest BCUT2D eigenvalue weighted by Crippen LogP contribution is -2.20. The molecule has 0 amide bonds. The zero-order valence-corrected chi connectivity index (χ0v) is 11.5. The van der Waals surface area contributed by atoms with Crippen molar-refractivity contribution in [3.05, 3.63) is 24.8 Å². The number of carbonyl (C=O) groups excluding carboxylic acids is 1. The largest absolute Gasteiger partial charge is 0.460 e. The highest BCUT2D eigenvalue weighted by molar-refractivity contribution is 5.86. The molecule has 0 saturated heterocycles. The summed E-state index contributed by atoms with van der Waals surface area (Å²) in [7, 11) is 0. The quantitative estimate of drug-likeness (QED) is 0.256. The molecule has 0 aliphatic rings. The van der Waals surface area contributed by atoms with Gasteiger partial charge in [-0.1, -0.05) is 12.7 Å². The summed E-state index contributed by atoms with van der Waals surface area (Å²) in [6.07, 6.45) is 1.97. The van der Waals surface area contributed by atoms with E-state index in [4.69, 9.17) is 9.47 Å². The van der Waals surface area contributed by atoms with Crippen LogP contribution in [0, 0.1) is 0 Å². The SMILES string of the molecule is C=CCOCC(O)CCCC(O)COC(=O)C(=C)C. The maximum Gasteiger partial charge on any atom is 0.333 e. The predicted molar refractivity (Wildman–Crippen MR) is 72.7 cm³/mol.